The molecule has 5 heteroatoms. The fourth-order valence-electron chi connectivity index (χ4n) is 3.36. The van der Waals surface area contributed by atoms with Crippen molar-refractivity contribution < 1.29 is 18.3 Å². The Bertz CT molecular complexity index is 281. The van der Waals surface area contributed by atoms with Crippen LogP contribution in [0, 0.1) is 0 Å². The first-order chi connectivity index (χ1) is 9.16. The number of rotatable bonds is 8. The Morgan fingerprint density at radius 3 is 2.47 bits per heavy atom. The van der Waals surface area contributed by atoms with Gasteiger partial charge in [0, 0.05) is 21.3 Å². The molecule has 4 nitrogen and oxygen atoms in total. The summed E-state index contributed by atoms with van der Waals surface area (Å²) in [7, 11) is 2.82. The highest BCUT2D eigenvalue weighted by atomic mass is 28.4. The normalized spacial score (nSPS) is 30.2. The molecule has 1 heterocycles. The van der Waals surface area contributed by atoms with Crippen LogP contribution in [0.5, 0.6) is 0 Å². The van der Waals surface area contributed by atoms with E-state index in [9.17, 15) is 0 Å². The molecule has 2 unspecified atom stereocenters. The van der Waals surface area contributed by atoms with Crippen LogP contribution < -0.4 is 0 Å². The molecular formula is C14H28O4Si. The largest absolute Gasteiger partial charge is 0.396 e. The maximum Gasteiger partial charge on any atom is 0.373 e. The van der Waals surface area contributed by atoms with Crippen LogP contribution in [0.2, 0.25) is 6.04 Å². The minimum Gasteiger partial charge on any atom is -0.396 e. The third-order valence-corrected chi connectivity index (χ3v) is 8.59. The van der Waals surface area contributed by atoms with Crippen LogP contribution >= 0.6 is 0 Å². The molecule has 0 aromatic carbocycles. The first-order valence-electron chi connectivity index (χ1n) is 7.04. The van der Waals surface area contributed by atoms with Crippen molar-refractivity contribution in [1.29, 1.82) is 0 Å². The van der Waals surface area contributed by atoms with E-state index in [0.29, 0.717) is 6.61 Å². The summed E-state index contributed by atoms with van der Waals surface area (Å²) in [5, 5.41) is -0.424. The van der Waals surface area contributed by atoms with Gasteiger partial charge in [-0.1, -0.05) is 19.4 Å². The van der Waals surface area contributed by atoms with Gasteiger partial charge in [0.15, 0.2) is 0 Å². The molecule has 0 aromatic heterocycles. The molecule has 1 aliphatic heterocycles. The van der Waals surface area contributed by atoms with Crippen LogP contribution in [-0.4, -0.2) is 47.8 Å². The van der Waals surface area contributed by atoms with E-state index in [-0.39, 0.29) is 6.10 Å². The molecule has 0 N–H and O–H groups in total. The van der Waals surface area contributed by atoms with Crippen LogP contribution in [0.25, 0.3) is 0 Å². The fourth-order valence-corrected chi connectivity index (χ4v) is 7.38. The lowest BCUT2D eigenvalue weighted by Gasteiger charge is -2.51. The highest BCUT2D eigenvalue weighted by molar-refractivity contribution is 6.71. The zero-order valence-electron chi connectivity index (χ0n) is 12.7. The van der Waals surface area contributed by atoms with E-state index in [4.69, 9.17) is 18.3 Å². The Morgan fingerprint density at radius 1 is 1.32 bits per heavy atom. The van der Waals surface area contributed by atoms with Gasteiger partial charge in [-0.25, -0.2) is 0 Å². The first kappa shape index (κ1) is 16.9. The molecule has 2 atom stereocenters. The summed E-state index contributed by atoms with van der Waals surface area (Å²) in [5.74, 6) is 0. The van der Waals surface area contributed by atoms with Crippen molar-refractivity contribution in [2.45, 2.75) is 50.0 Å². The standard InChI is InChI=1S/C14H28O4Si/c1-6-10-14(15-3)13(18-11-7-2)9-8-12-19(14,16-4)17-5/h7,13H,2,6,8-12H2,1,3-5H3. The summed E-state index contributed by atoms with van der Waals surface area (Å²) >= 11 is 0. The van der Waals surface area contributed by atoms with Gasteiger partial charge < -0.3 is 18.3 Å². The van der Waals surface area contributed by atoms with Gasteiger partial charge in [-0.3, -0.25) is 0 Å². The molecule has 0 radical (unpaired) electrons. The topological polar surface area (TPSA) is 36.9 Å². The van der Waals surface area contributed by atoms with Gasteiger partial charge >= 0.3 is 8.56 Å². The Morgan fingerprint density at radius 2 is 2.00 bits per heavy atom. The molecular weight excluding hydrogens is 260 g/mol. The smallest absolute Gasteiger partial charge is 0.373 e. The minimum atomic E-state index is -2.43. The molecule has 19 heavy (non-hydrogen) atoms. The van der Waals surface area contributed by atoms with Gasteiger partial charge in [0.1, 0.15) is 5.22 Å². The average Bonchev–Trinajstić information content (AvgIpc) is 2.46. The Labute approximate surface area is 118 Å². The maximum absolute atomic E-state index is 5.98. The summed E-state index contributed by atoms with van der Waals surface area (Å²) in [6.07, 6.45) is 5.77. The second-order valence-corrected chi connectivity index (χ2v) is 8.68. The van der Waals surface area contributed by atoms with E-state index in [1.165, 1.54) is 0 Å². The molecule has 0 bridgehead atoms. The van der Waals surface area contributed by atoms with Gasteiger partial charge in [0.05, 0.1) is 12.7 Å². The van der Waals surface area contributed by atoms with E-state index in [0.717, 1.165) is 31.7 Å². The van der Waals surface area contributed by atoms with E-state index in [1.54, 1.807) is 27.4 Å². The maximum atomic E-state index is 5.98. The zero-order chi connectivity index (χ0) is 14.4. The monoisotopic (exact) mass is 288 g/mol. The number of ether oxygens (including phenoxy) is 2. The van der Waals surface area contributed by atoms with E-state index >= 15 is 0 Å². The molecule has 1 rings (SSSR count). The van der Waals surface area contributed by atoms with Crippen molar-refractivity contribution in [2.75, 3.05) is 27.9 Å². The molecule has 0 aliphatic carbocycles. The molecule has 0 saturated carbocycles. The third-order valence-electron chi connectivity index (χ3n) is 4.20. The lowest BCUT2D eigenvalue weighted by molar-refractivity contribution is -0.117. The molecule has 1 fully saturated rings. The second-order valence-electron chi connectivity index (χ2n) is 5.01. The van der Waals surface area contributed by atoms with Crippen molar-refractivity contribution in [3.63, 3.8) is 0 Å². The van der Waals surface area contributed by atoms with Crippen molar-refractivity contribution in [3.05, 3.63) is 12.7 Å². The summed E-state index contributed by atoms with van der Waals surface area (Å²) in [4.78, 5) is 0. The number of methoxy groups -OCH3 is 1. The van der Waals surface area contributed by atoms with E-state index in [1.807, 2.05) is 0 Å². The van der Waals surface area contributed by atoms with Crippen LogP contribution in [0.4, 0.5) is 0 Å². The highest BCUT2D eigenvalue weighted by Crippen LogP contribution is 2.44. The average molecular weight is 288 g/mol. The third kappa shape index (κ3) is 2.95. The summed E-state index contributed by atoms with van der Waals surface area (Å²) in [6, 6.07) is 0.960. The predicted octanol–water partition coefficient (Wildman–Crippen LogP) is 2.81. The minimum absolute atomic E-state index is 0.0239. The molecule has 0 aromatic rings. The van der Waals surface area contributed by atoms with Crippen LogP contribution in [0.3, 0.4) is 0 Å². The Kier molecular flexibility index (Phi) is 6.69. The van der Waals surface area contributed by atoms with E-state index < -0.39 is 13.8 Å². The van der Waals surface area contributed by atoms with Gasteiger partial charge in [0.25, 0.3) is 0 Å². The fraction of sp³-hybridized carbons (Fsp3) is 0.857. The molecule has 0 spiro atoms. The highest BCUT2D eigenvalue weighted by Gasteiger charge is 2.63. The van der Waals surface area contributed by atoms with Crippen molar-refractivity contribution in [2.24, 2.45) is 0 Å². The van der Waals surface area contributed by atoms with Crippen molar-refractivity contribution in [1.82, 2.24) is 0 Å². The van der Waals surface area contributed by atoms with Gasteiger partial charge in [-0.15, -0.1) is 6.58 Å². The summed E-state index contributed by atoms with van der Waals surface area (Å²) in [5.41, 5.74) is 0. The number of hydrogen-bond donors (Lipinski definition) is 0. The molecule has 0 amide bonds. The summed E-state index contributed by atoms with van der Waals surface area (Å²) < 4.78 is 23.7. The first-order valence-corrected chi connectivity index (χ1v) is 9.06. The SMILES string of the molecule is C=CCOC1CCC[Si](OC)(OC)C1(CCC)OC. The quantitative estimate of drug-likeness (QED) is 0.508. The molecule has 1 aliphatic rings. The van der Waals surface area contributed by atoms with Crippen molar-refractivity contribution in [3.8, 4) is 0 Å². The van der Waals surface area contributed by atoms with Crippen LogP contribution in [0.1, 0.15) is 32.6 Å². The van der Waals surface area contributed by atoms with Crippen LogP contribution in [-0.2, 0) is 18.3 Å². The lowest BCUT2D eigenvalue weighted by Crippen LogP contribution is -2.71. The van der Waals surface area contributed by atoms with Gasteiger partial charge in [0.2, 0.25) is 0 Å². The second kappa shape index (κ2) is 7.55. The number of hydrogen-bond acceptors (Lipinski definition) is 4. The van der Waals surface area contributed by atoms with E-state index in [2.05, 4.69) is 13.5 Å². The van der Waals surface area contributed by atoms with Gasteiger partial charge in [-0.2, -0.15) is 0 Å². The zero-order valence-corrected chi connectivity index (χ0v) is 13.7. The van der Waals surface area contributed by atoms with Gasteiger partial charge in [-0.05, 0) is 25.3 Å². The molecule has 112 valence electrons. The van der Waals surface area contributed by atoms with Crippen LogP contribution in [0.15, 0.2) is 12.7 Å². The lowest BCUT2D eigenvalue weighted by atomic mass is 10.0. The summed E-state index contributed by atoms with van der Waals surface area (Å²) in [6.45, 7) is 6.42. The Balaban J connectivity index is 3.11. The molecule has 1 saturated heterocycles. The Hall–Kier alpha value is -0.203. The predicted molar refractivity (Wildman–Crippen MR) is 78.4 cm³/mol. The van der Waals surface area contributed by atoms with Crippen molar-refractivity contribution >= 4 is 8.56 Å².